The minimum atomic E-state index is -0.845. The van der Waals surface area contributed by atoms with Crippen LogP contribution in [0.2, 0.25) is 0 Å². The van der Waals surface area contributed by atoms with E-state index >= 15 is 0 Å². The van der Waals surface area contributed by atoms with Gasteiger partial charge in [-0.05, 0) is 43.5 Å². The largest absolute Gasteiger partial charge is 0.496 e. The molecule has 0 saturated heterocycles. The third kappa shape index (κ3) is 2.33. The molecule has 1 aromatic rings. The predicted octanol–water partition coefficient (Wildman–Crippen LogP) is 1.47. The number of oxime groups is 1. The van der Waals surface area contributed by atoms with Gasteiger partial charge in [0.2, 0.25) is 5.91 Å². The third-order valence-corrected chi connectivity index (χ3v) is 3.44. The van der Waals surface area contributed by atoms with Crippen LogP contribution in [0.25, 0.3) is 0 Å². The quantitative estimate of drug-likeness (QED) is 0.331. The number of ether oxygens (including phenoxy) is 1. The molecule has 0 aromatic heterocycles. The fraction of sp³-hybridized carbons (Fsp3) is 0.385. The molecule has 2 rings (SSSR count). The fourth-order valence-corrected chi connectivity index (χ4v) is 2.03. The number of amides is 1. The van der Waals surface area contributed by atoms with Gasteiger partial charge in [0, 0.05) is 5.69 Å². The highest BCUT2D eigenvalue weighted by atomic mass is 16.5. The van der Waals surface area contributed by atoms with Crippen molar-refractivity contribution < 1.29 is 14.7 Å². The van der Waals surface area contributed by atoms with Gasteiger partial charge in [0.15, 0.2) is 5.84 Å². The number of carbonyl (C=O) groups is 1. The number of hydrogen-bond donors (Lipinski definition) is 3. The van der Waals surface area contributed by atoms with E-state index < -0.39 is 5.41 Å². The van der Waals surface area contributed by atoms with E-state index in [2.05, 4.69) is 10.5 Å². The van der Waals surface area contributed by atoms with Crippen molar-refractivity contribution in [2.45, 2.75) is 19.8 Å². The van der Waals surface area contributed by atoms with Crippen LogP contribution in [0.5, 0.6) is 5.75 Å². The highest BCUT2D eigenvalue weighted by Crippen LogP contribution is 2.46. The second kappa shape index (κ2) is 4.79. The molecular formula is C13H17N3O3. The van der Waals surface area contributed by atoms with Gasteiger partial charge in [-0.2, -0.15) is 0 Å². The topological polar surface area (TPSA) is 96.9 Å². The number of amidine groups is 1. The number of nitrogens with one attached hydrogen (secondary N) is 1. The van der Waals surface area contributed by atoms with Gasteiger partial charge in [-0.25, -0.2) is 0 Å². The number of benzene rings is 1. The third-order valence-electron chi connectivity index (χ3n) is 3.44. The van der Waals surface area contributed by atoms with E-state index in [4.69, 9.17) is 15.7 Å². The Labute approximate surface area is 111 Å². The molecule has 6 heteroatoms. The van der Waals surface area contributed by atoms with E-state index in [0.29, 0.717) is 18.5 Å². The molecule has 19 heavy (non-hydrogen) atoms. The number of aryl methyl sites for hydroxylation is 1. The lowest BCUT2D eigenvalue weighted by Gasteiger charge is -2.14. The van der Waals surface area contributed by atoms with Gasteiger partial charge >= 0.3 is 0 Å². The summed E-state index contributed by atoms with van der Waals surface area (Å²) in [5.41, 5.74) is 6.31. The van der Waals surface area contributed by atoms with Crippen molar-refractivity contribution in [3.63, 3.8) is 0 Å². The number of carbonyl (C=O) groups excluding carboxylic acids is 1. The lowest BCUT2D eigenvalue weighted by molar-refractivity contribution is -0.119. The van der Waals surface area contributed by atoms with Crippen LogP contribution in [0.1, 0.15) is 18.4 Å². The van der Waals surface area contributed by atoms with Crippen molar-refractivity contribution in [3.05, 3.63) is 23.8 Å². The Morgan fingerprint density at radius 2 is 2.21 bits per heavy atom. The van der Waals surface area contributed by atoms with Crippen LogP contribution in [0.3, 0.4) is 0 Å². The van der Waals surface area contributed by atoms with Crippen molar-refractivity contribution in [2.75, 3.05) is 12.4 Å². The maximum absolute atomic E-state index is 12.1. The zero-order valence-electron chi connectivity index (χ0n) is 10.9. The first kappa shape index (κ1) is 13.2. The van der Waals surface area contributed by atoms with Crippen molar-refractivity contribution in [1.29, 1.82) is 0 Å². The lowest BCUT2D eigenvalue weighted by atomic mass is 10.0. The maximum Gasteiger partial charge on any atom is 0.238 e. The summed E-state index contributed by atoms with van der Waals surface area (Å²) in [6.45, 7) is 1.89. The Bertz CT molecular complexity index is 536. The normalized spacial score (nSPS) is 16.8. The molecule has 1 aliphatic rings. The van der Waals surface area contributed by atoms with Crippen molar-refractivity contribution in [3.8, 4) is 5.75 Å². The molecule has 102 valence electrons. The van der Waals surface area contributed by atoms with Gasteiger partial charge in [-0.1, -0.05) is 5.16 Å². The number of rotatable bonds is 4. The first-order valence-corrected chi connectivity index (χ1v) is 5.97. The van der Waals surface area contributed by atoms with Crippen LogP contribution in [-0.4, -0.2) is 24.1 Å². The molecule has 1 aliphatic carbocycles. The molecule has 0 bridgehead atoms. The van der Waals surface area contributed by atoms with Crippen LogP contribution in [0.15, 0.2) is 23.4 Å². The van der Waals surface area contributed by atoms with Gasteiger partial charge in [0.25, 0.3) is 0 Å². The minimum absolute atomic E-state index is 0.0322. The van der Waals surface area contributed by atoms with Gasteiger partial charge in [-0.3, -0.25) is 4.79 Å². The summed E-state index contributed by atoms with van der Waals surface area (Å²) in [4.78, 5) is 12.1. The SMILES string of the molecule is COc1ccc(NC(=O)C2(/C(N)=N/O)CC2)cc1C. The van der Waals surface area contributed by atoms with Crippen molar-refractivity contribution in [2.24, 2.45) is 16.3 Å². The van der Waals surface area contributed by atoms with Crippen molar-refractivity contribution >= 4 is 17.4 Å². The van der Waals surface area contributed by atoms with Crippen LogP contribution in [0.4, 0.5) is 5.69 Å². The second-order valence-corrected chi connectivity index (χ2v) is 4.71. The molecule has 0 unspecified atom stereocenters. The Morgan fingerprint density at radius 1 is 1.53 bits per heavy atom. The minimum Gasteiger partial charge on any atom is -0.496 e. The van der Waals surface area contributed by atoms with E-state index in [9.17, 15) is 4.79 Å². The first-order chi connectivity index (χ1) is 9.03. The predicted molar refractivity (Wildman–Crippen MR) is 71.4 cm³/mol. The van der Waals surface area contributed by atoms with Crippen molar-refractivity contribution in [1.82, 2.24) is 0 Å². The van der Waals surface area contributed by atoms with E-state index in [1.807, 2.05) is 13.0 Å². The fourth-order valence-electron chi connectivity index (χ4n) is 2.03. The number of nitrogens with zero attached hydrogens (tertiary/aromatic N) is 1. The van der Waals surface area contributed by atoms with E-state index in [0.717, 1.165) is 11.3 Å². The smallest absolute Gasteiger partial charge is 0.238 e. The molecule has 0 heterocycles. The summed E-state index contributed by atoms with van der Waals surface area (Å²) < 4.78 is 5.16. The standard InChI is InChI=1S/C13H17N3O3/c1-8-7-9(3-4-10(8)19-2)15-12(17)13(5-6-13)11(14)16-18/h3-4,7,18H,5-6H2,1-2H3,(H2,14,16)(H,15,17). The maximum atomic E-state index is 12.1. The molecule has 1 amide bonds. The summed E-state index contributed by atoms with van der Waals surface area (Å²) in [6.07, 6.45) is 1.20. The molecule has 0 atom stereocenters. The van der Waals surface area contributed by atoms with Crippen LogP contribution < -0.4 is 15.8 Å². The molecule has 4 N–H and O–H groups in total. The van der Waals surface area contributed by atoms with Crippen LogP contribution >= 0.6 is 0 Å². The average Bonchev–Trinajstić information content (AvgIpc) is 3.19. The Balaban J connectivity index is 2.14. The summed E-state index contributed by atoms with van der Waals surface area (Å²) in [5, 5.41) is 14.4. The number of methoxy groups -OCH3 is 1. The summed E-state index contributed by atoms with van der Waals surface area (Å²) in [7, 11) is 1.60. The van der Waals surface area contributed by atoms with E-state index in [1.54, 1.807) is 19.2 Å². The first-order valence-electron chi connectivity index (χ1n) is 5.97. The van der Waals surface area contributed by atoms with Crippen LogP contribution in [-0.2, 0) is 4.79 Å². The van der Waals surface area contributed by atoms with Gasteiger partial charge in [-0.15, -0.1) is 0 Å². The zero-order valence-corrected chi connectivity index (χ0v) is 10.9. The van der Waals surface area contributed by atoms with Gasteiger partial charge < -0.3 is 21.0 Å². The number of anilines is 1. The van der Waals surface area contributed by atoms with Crippen LogP contribution in [0, 0.1) is 12.3 Å². The molecular weight excluding hydrogens is 246 g/mol. The zero-order chi connectivity index (χ0) is 14.0. The highest BCUT2D eigenvalue weighted by molar-refractivity contribution is 6.14. The van der Waals surface area contributed by atoms with Gasteiger partial charge in [0.1, 0.15) is 11.2 Å². The Morgan fingerprint density at radius 3 is 2.68 bits per heavy atom. The molecule has 6 nitrogen and oxygen atoms in total. The Kier molecular flexibility index (Phi) is 3.33. The van der Waals surface area contributed by atoms with E-state index in [1.165, 1.54) is 0 Å². The summed E-state index contributed by atoms with van der Waals surface area (Å²) >= 11 is 0. The second-order valence-electron chi connectivity index (χ2n) is 4.71. The molecule has 0 spiro atoms. The molecule has 1 fully saturated rings. The van der Waals surface area contributed by atoms with Gasteiger partial charge in [0.05, 0.1) is 7.11 Å². The lowest BCUT2D eigenvalue weighted by Crippen LogP contribution is -2.36. The average molecular weight is 263 g/mol. The molecule has 0 aliphatic heterocycles. The molecule has 1 aromatic carbocycles. The monoisotopic (exact) mass is 263 g/mol. The Hall–Kier alpha value is -2.24. The summed E-state index contributed by atoms with van der Waals surface area (Å²) in [6, 6.07) is 5.36. The number of nitrogens with two attached hydrogens (primary N) is 1. The summed E-state index contributed by atoms with van der Waals surface area (Å²) in [5.74, 6) is 0.484. The number of hydrogen-bond acceptors (Lipinski definition) is 4. The molecule has 1 saturated carbocycles. The molecule has 0 radical (unpaired) electrons. The van der Waals surface area contributed by atoms with E-state index in [-0.39, 0.29) is 11.7 Å². The highest BCUT2D eigenvalue weighted by Gasteiger charge is 2.54.